The second-order valence-corrected chi connectivity index (χ2v) is 5.09. The van der Waals surface area contributed by atoms with Crippen molar-refractivity contribution in [1.29, 1.82) is 0 Å². The maximum atomic E-state index is 12.0. The van der Waals surface area contributed by atoms with Crippen molar-refractivity contribution in [3.05, 3.63) is 57.3 Å². The maximum Gasteiger partial charge on any atom is 0.258 e. The Labute approximate surface area is 118 Å². The van der Waals surface area contributed by atoms with E-state index in [1.807, 2.05) is 25.1 Å². The predicted octanol–water partition coefficient (Wildman–Crippen LogP) is 4.06. The fraction of sp³-hybridized carbons (Fsp3) is 0.0769. The summed E-state index contributed by atoms with van der Waals surface area (Å²) >= 11 is 9.32. The van der Waals surface area contributed by atoms with Crippen molar-refractivity contribution in [3.63, 3.8) is 0 Å². The monoisotopic (exact) mass is 324 g/mol. The molecule has 0 unspecified atom stereocenters. The van der Waals surface area contributed by atoms with Crippen LogP contribution in [0.2, 0.25) is 5.02 Å². The van der Waals surface area contributed by atoms with Crippen molar-refractivity contribution in [1.82, 2.24) is 4.98 Å². The third kappa shape index (κ3) is 2.89. The average molecular weight is 326 g/mol. The fourth-order valence-electron chi connectivity index (χ4n) is 1.50. The summed E-state index contributed by atoms with van der Waals surface area (Å²) in [7, 11) is 0. The van der Waals surface area contributed by atoms with Crippen LogP contribution in [0.3, 0.4) is 0 Å². The quantitative estimate of drug-likeness (QED) is 0.905. The Kier molecular flexibility index (Phi) is 3.99. The highest BCUT2D eigenvalue weighted by atomic mass is 79.9. The van der Waals surface area contributed by atoms with Gasteiger partial charge >= 0.3 is 0 Å². The lowest BCUT2D eigenvalue weighted by Crippen LogP contribution is -2.13. The number of amides is 1. The van der Waals surface area contributed by atoms with E-state index in [9.17, 15) is 4.79 Å². The SMILES string of the molecule is Cc1cc(Br)ccc1NC(=O)c1cnccc1Cl. The third-order valence-electron chi connectivity index (χ3n) is 2.45. The first kappa shape index (κ1) is 13.1. The van der Waals surface area contributed by atoms with Crippen molar-refractivity contribution in [2.45, 2.75) is 6.92 Å². The molecule has 0 aliphatic heterocycles. The van der Waals surface area contributed by atoms with Gasteiger partial charge in [-0.3, -0.25) is 9.78 Å². The van der Waals surface area contributed by atoms with Crippen LogP contribution in [-0.2, 0) is 0 Å². The lowest BCUT2D eigenvalue weighted by molar-refractivity contribution is 0.102. The van der Waals surface area contributed by atoms with Crippen molar-refractivity contribution >= 4 is 39.1 Å². The van der Waals surface area contributed by atoms with Crippen LogP contribution in [0.4, 0.5) is 5.69 Å². The van der Waals surface area contributed by atoms with Crippen molar-refractivity contribution in [2.75, 3.05) is 5.32 Å². The second kappa shape index (κ2) is 5.50. The van der Waals surface area contributed by atoms with E-state index in [1.54, 1.807) is 12.3 Å². The van der Waals surface area contributed by atoms with Crippen molar-refractivity contribution in [3.8, 4) is 0 Å². The predicted molar refractivity (Wildman–Crippen MR) is 76.1 cm³/mol. The van der Waals surface area contributed by atoms with Crippen LogP contribution in [0.1, 0.15) is 15.9 Å². The molecule has 0 spiro atoms. The first-order valence-corrected chi connectivity index (χ1v) is 6.42. The first-order valence-electron chi connectivity index (χ1n) is 5.25. The molecule has 0 radical (unpaired) electrons. The minimum Gasteiger partial charge on any atom is -0.322 e. The molecule has 1 aromatic carbocycles. The highest BCUT2D eigenvalue weighted by Gasteiger charge is 2.11. The number of aromatic nitrogens is 1. The number of aryl methyl sites for hydroxylation is 1. The van der Waals surface area contributed by atoms with E-state index < -0.39 is 0 Å². The van der Waals surface area contributed by atoms with Crippen LogP contribution in [0.5, 0.6) is 0 Å². The fourth-order valence-corrected chi connectivity index (χ4v) is 2.17. The third-order valence-corrected chi connectivity index (χ3v) is 3.27. The summed E-state index contributed by atoms with van der Waals surface area (Å²) in [5.74, 6) is -0.265. The van der Waals surface area contributed by atoms with Gasteiger partial charge in [0.15, 0.2) is 0 Å². The Bertz CT molecular complexity index is 601. The number of rotatable bonds is 2. The van der Waals surface area contributed by atoms with E-state index in [2.05, 4.69) is 26.2 Å². The standard InChI is InChI=1S/C13H10BrClN2O/c1-8-6-9(14)2-3-12(8)17-13(18)10-7-16-5-4-11(10)15/h2-7H,1H3,(H,17,18). The molecule has 0 aliphatic carbocycles. The molecule has 18 heavy (non-hydrogen) atoms. The summed E-state index contributed by atoms with van der Waals surface area (Å²) in [5, 5.41) is 3.20. The van der Waals surface area contributed by atoms with Gasteiger partial charge in [-0.1, -0.05) is 27.5 Å². The average Bonchev–Trinajstić information content (AvgIpc) is 2.33. The molecule has 0 atom stereocenters. The molecule has 0 aliphatic rings. The summed E-state index contributed by atoms with van der Waals surface area (Å²) < 4.78 is 0.970. The largest absolute Gasteiger partial charge is 0.322 e. The van der Waals surface area contributed by atoms with E-state index >= 15 is 0 Å². The smallest absolute Gasteiger partial charge is 0.258 e. The summed E-state index contributed by atoms with van der Waals surface area (Å²) in [4.78, 5) is 15.9. The van der Waals surface area contributed by atoms with Gasteiger partial charge in [-0.25, -0.2) is 0 Å². The highest BCUT2D eigenvalue weighted by molar-refractivity contribution is 9.10. The number of carbonyl (C=O) groups is 1. The molecule has 0 saturated heterocycles. The van der Waals surface area contributed by atoms with Crippen LogP contribution in [0.25, 0.3) is 0 Å². The lowest BCUT2D eigenvalue weighted by Gasteiger charge is -2.09. The number of halogens is 2. The molecule has 1 amide bonds. The molecule has 92 valence electrons. The van der Waals surface area contributed by atoms with E-state index in [0.717, 1.165) is 15.7 Å². The van der Waals surface area contributed by atoms with Gasteiger partial charge in [-0.05, 0) is 36.8 Å². The number of hydrogen-bond acceptors (Lipinski definition) is 2. The van der Waals surface area contributed by atoms with Crippen LogP contribution in [0.15, 0.2) is 41.1 Å². The number of nitrogens with one attached hydrogen (secondary N) is 1. The summed E-state index contributed by atoms with van der Waals surface area (Å²) in [6.07, 6.45) is 3.00. The molecule has 0 saturated carbocycles. The number of hydrogen-bond donors (Lipinski definition) is 1. The highest BCUT2D eigenvalue weighted by Crippen LogP contribution is 2.22. The minimum atomic E-state index is -0.265. The van der Waals surface area contributed by atoms with Crippen LogP contribution in [0, 0.1) is 6.92 Å². The normalized spacial score (nSPS) is 10.2. The van der Waals surface area contributed by atoms with Gasteiger partial charge in [-0.2, -0.15) is 0 Å². The lowest BCUT2D eigenvalue weighted by atomic mass is 10.2. The second-order valence-electron chi connectivity index (χ2n) is 3.77. The Balaban J connectivity index is 2.24. The summed E-state index contributed by atoms with van der Waals surface area (Å²) in [6, 6.07) is 7.22. The van der Waals surface area contributed by atoms with Crippen LogP contribution < -0.4 is 5.32 Å². The Morgan fingerprint density at radius 1 is 1.39 bits per heavy atom. The number of benzene rings is 1. The Morgan fingerprint density at radius 2 is 2.17 bits per heavy atom. The zero-order valence-electron chi connectivity index (χ0n) is 9.58. The van der Waals surface area contributed by atoms with Crippen molar-refractivity contribution in [2.24, 2.45) is 0 Å². The van der Waals surface area contributed by atoms with E-state index in [0.29, 0.717) is 10.6 Å². The van der Waals surface area contributed by atoms with Gasteiger partial charge in [0.25, 0.3) is 5.91 Å². The number of carbonyl (C=O) groups excluding carboxylic acids is 1. The molecular weight excluding hydrogens is 316 g/mol. The molecule has 3 nitrogen and oxygen atoms in total. The Morgan fingerprint density at radius 3 is 2.83 bits per heavy atom. The molecular formula is C13H10BrClN2O. The molecule has 5 heteroatoms. The maximum absolute atomic E-state index is 12.0. The van der Waals surface area contributed by atoms with Crippen LogP contribution >= 0.6 is 27.5 Å². The van der Waals surface area contributed by atoms with E-state index in [1.165, 1.54) is 6.20 Å². The molecule has 0 fully saturated rings. The van der Waals surface area contributed by atoms with Gasteiger partial charge in [0.05, 0.1) is 10.6 Å². The molecule has 0 bridgehead atoms. The number of pyridine rings is 1. The van der Waals surface area contributed by atoms with Gasteiger partial charge in [0.2, 0.25) is 0 Å². The molecule has 2 rings (SSSR count). The molecule has 1 N–H and O–H groups in total. The Hall–Kier alpha value is -1.39. The first-order chi connectivity index (χ1) is 8.58. The topological polar surface area (TPSA) is 42.0 Å². The molecule has 2 aromatic rings. The zero-order chi connectivity index (χ0) is 13.1. The summed E-state index contributed by atoms with van der Waals surface area (Å²) in [6.45, 7) is 1.92. The van der Waals surface area contributed by atoms with Gasteiger partial charge in [0.1, 0.15) is 0 Å². The van der Waals surface area contributed by atoms with Crippen molar-refractivity contribution < 1.29 is 4.79 Å². The summed E-state index contributed by atoms with van der Waals surface area (Å²) in [5.41, 5.74) is 2.09. The van der Waals surface area contributed by atoms with Gasteiger partial charge < -0.3 is 5.32 Å². The number of nitrogens with zero attached hydrogens (tertiary/aromatic N) is 1. The van der Waals surface area contributed by atoms with Gasteiger partial charge in [-0.15, -0.1) is 0 Å². The van der Waals surface area contributed by atoms with Crippen LogP contribution in [-0.4, -0.2) is 10.9 Å². The number of anilines is 1. The zero-order valence-corrected chi connectivity index (χ0v) is 11.9. The molecule has 1 aromatic heterocycles. The van der Waals surface area contributed by atoms with Gasteiger partial charge in [0, 0.05) is 22.6 Å². The van der Waals surface area contributed by atoms with E-state index in [-0.39, 0.29) is 5.91 Å². The van der Waals surface area contributed by atoms with E-state index in [4.69, 9.17) is 11.6 Å². The minimum absolute atomic E-state index is 0.265. The molecule has 1 heterocycles.